The average Bonchev–Trinajstić information content (AvgIpc) is 3.16. The summed E-state index contributed by atoms with van der Waals surface area (Å²) in [4.78, 5) is 0.852. The molecule has 1 N–H and O–H groups in total. The molecule has 0 spiro atoms. The minimum atomic E-state index is -3.73. The lowest BCUT2D eigenvalue weighted by molar-refractivity contribution is 0.0646. The van der Waals surface area contributed by atoms with Crippen LogP contribution in [0.15, 0.2) is 37.7 Å². The SMILES string of the molecule is Cc1noc(NS(=O)(=O)c2ccc(C3(C)CC=CO3)s2)c1Br. The maximum absolute atomic E-state index is 12.4. The summed E-state index contributed by atoms with van der Waals surface area (Å²) in [6.07, 6.45) is 4.27. The minimum absolute atomic E-state index is 0.0671. The number of thiophene rings is 1. The van der Waals surface area contributed by atoms with Gasteiger partial charge in [0.2, 0.25) is 0 Å². The Bertz CT molecular complexity index is 830. The van der Waals surface area contributed by atoms with Gasteiger partial charge in [-0.1, -0.05) is 5.16 Å². The molecule has 0 aliphatic carbocycles. The standard InChI is InChI=1S/C13H13BrN2O4S2/c1-8-11(14)12(20-15-8)16-22(17,18)10-5-4-9(21-10)13(2)6-3-7-19-13/h3-5,7,16H,6H2,1-2H3. The summed E-state index contributed by atoms with van der Waals surface area (Å²) in [6.45, 7) is 3.64. The van der Waals surface area contributed by atoms with Crippen molar-refractivity contribution in [1.82, 2.24) is 5.16 Å². The predicted molar refractivity (Wildman–Crippen MR) is 86.3 cm³/mol. The highest BCUT2D eigenvalue weighted by Crippen LogP contribution is 2.39. The van der Waals surface area contributed by atoms with Gasteiger partial charge >= 0.3 is 0 Å². The monoisotopic (exact) mass is 404 g/mol. The Labute approximate surface area is 140 Å². The van der Waals surface area contributed by atoms with Crippen LogP contribution < -0.4 is 4.72 Å². The Kier molecular flexibility index (Phi) is 3.82. The number of aromatic nitrogens is 1. The Morgan fingerprint density at radius 2 is 2.23 bits per heavy atom. The van der Waals surface area contributed by atoms with Crippen LogP contribution in [0.1, 0.15) is 23.9 Å². The first kappa shape index (κ1) is 15.6. The number of sulfonamides is 1. The highest BCUT2D eigenvalue weighted by atomic mass is 79.9. The molecule has 0 radical (unpaired) electrons. The van der Waals surface area contributed by atoms with Crippen molar-refractivity contribution in [1.29, 1.82) is 0 Å². The van der Waals surface area contributed by atoms with Crippen molar-refractivity contribution in [3.05, 3.63) is 39.5 Å². The molecule has 1 unspecified atom stereocenters. The summed E-state index contributed by atoms with van der Waals surface area (Å²) < 4.78 is 38.5. The highest BCUT2D eigenvalue weighted by molar-refractivity contribution is 9.10. The van der Waals surface area contributed by atoms with E-state index in [1.54, 1.807) is 25.3 Å². The van der Waals surface area contributed by atoms with E-state index in [1.807, 2.05) is 13.0 Å². The van der Waals surface area contributed by atoms with Crippen LogP contribution in [0.5, 0.6) is 0 Å². The predicted octanol–water partition coefficient (Wildman–Crippen LogP) is 3.76. The number of hydrogen-bond acceptors (Lipinski definition) is 6. The molecule has 2 aromatic rings. The van der Waals surface area contributed by atoms with E-state index in [1.165, 1.54) is 11.3 Å². The molecule has 2 aromatic heterocycles. The van der Waals surface area contributed by atoms with Crippen molar-refractivity contribution < 1.29 is 17.7 Å². The smallest absolute Gasteiger partial charge is 0.273 e. The van der Waals surface area contributed by atoms with Gasteiger partial charge in [-0.25, -0.2) is 13.1 Å². The molecule has 0 saturated heterocycles. The summed E-state index contributed by atoms with van der Waals surface area (Å²) in [7, 11) is -3.73. The highest BCUT2D eigenvalue weighted by Gasteiger charge is 2.33. The third kappa shape index (κ3) is 2.68. The van der Waals surface area contributed by atoms with Crippen LogP contribution in [0, 0.1) is 6.92 Å². The van der Waals surface area contributed by atoms with E-state index < -0.39 is 15.6 Å². The average molecular weight is 405 g/mol. The maximum atomic E-state index is 12.4. The Balaban J connectivity index is 1.87. The van der Waals surface area contributed by atoms with Crippen molar-refractivity contribution in [3.63, 3.8) is 0 Å². The summed E-state index contributed by atoms with van der Waals surface area (Å²) >= 11 is 4.41. The number of aryl methyl sites for hydroxylation is 1. The van der Waals surface area contributed by atoms with E-state index in [2.05, 4.69) is 25.8 Å². The second-order valence-electron chi connectivity index (χ2n) is 5.06. The molecule has 1 atom stereocenters. The van der Waals surface area contributed by atoms with Crippen molar-refractivity contribution in [2.45, 2.75) is 30.1 Å². The number of hydrogen-bond donors (Lipinski definition) is 1. The molecule has 0 saturated carbocycles. The molecule has 0 fully saturated rings. The van der Waals surface area contributed by atoms with Crippen LogP contribution in [0.4, 0.5) is 5.88 Å². The van der Waals surface area contributed by atoms with Gasteiger partial charge < -0.3 is 9.26 Å². The van der Waals surface area contributed by atoms with Crippen molar-refractivity contribution in [2.24, 2.45) is 0 Å². The fraction of sp³-hybridized carbons (Fsp3) is 0.308. The lowest BCUT2D eigenvalue weighted by Crippen LogP contribution is -2.17. The Morgan fingerprint density at radius 1 is 1.45 bits per heavy atom. The number of nitrogens with zero attached hydrogens (tertiary/aromatic N) is 1. The molecule has 0 amide bonds. The van der Waals surface area contributed by atoms with Crippen LogP contribution in [-0.4, -0.2) is 13.6 Å². The quantitative estimate of drug-likeness (QED) is 0.838. The third-order valence-electron chi connectivity index (χ3n) is 3.32. The summed E-state index contributed by atoms with van der Waals surface area (Å²) in [5.74, 6) is 0.0671. The Hall–Kier alpha value is -1.32. The molecule has 3 rings (SSSR count). The largest absolute Gasteiger partial charge is 0.490 e. The number of halogens is 1. The van der Waals surface area contributed by atoms with E-state index in [9.17, 15) is 8.42 Å². The van der Waals surface area contributed by atoms with E-state index in [-0.39, 0.29) is 10.1 Å². The molecule has 9 heteroatoms. The molecular weight excluding hydrogens is 392 g/mol. The molecule has 6 nitrogen and oxygen atoms in total. The van der Waals surface area contributed by atoms with Crippen molar-refractivity contribution >= 4 is 43.2 Å². The van der Waals surface area contributed by atoms with E-state index in [0.717, 1.165) is 4.88 Å². The van der Waals surface area contributed by atoms with Crippen LogP contribution in [0.2, 0.25) is 0 Å². The summed E-state index contributed by atoms with van der Waals surface area (Å²) in [5.41, 5.74) is 0.0736. The van der Waals surface area contributed by atoms with Crippen molar-refractivity contribution in [3.8, 4) is 0 Å². The zero-order valence-electron chi connectivity index (χ0n) is 11.8. The minimum Gasteiger partial charge on any atom is -0.490 e. The first-order valence-corrected chi connectivity index (χ1v) is 9.49. The molecule has 1 aliphatic rings. The fourth-order valence-corrected chi connectivity index (χ4v) is 4.80. The molecule has 3 heterocycles. The van der Waals surface area contributed by atoms with Gasteiger partial charge in [-0.05, 0) is 48.0 Å². The molecule has 118 valence electrons. The van der Waals surface area contributed by atoms with E-state index >= 15 is 0 Å². The van der Waals surface area contributed by atoms with Gasteiger partial charge in [0.25, 0.3) is 15.9 Å². The van der Waals surface area contributed by atoms with Gasteiger partial charge in [-0.15, -0.1) is 11.3 Å². The number of ether oxygens (including phenoxy) is 1. The van der Waals surface area contributed by atoms with E-state index in [0.29, 0.717) is 16.6 Å². The molecule has 1 aliphatic heterocycles. The van der Waals surface area contributed by atoms with Crippen LogP contribution >= 0.6 is 27.3 Å². The number of anilines is 1. The van der Waals surface area contributed by atoms with Gasteiger partial charge in [0.1, 0.15) is 14.3 Å². The van der Waals surface area contributed by atoms with Crippen molar-refractivity contribution in [2.75, 3.05) is 4.72 Å². The molecule has 22 heavy (non-hydrogen) atoms. The number of nitrogens with one attached hydrogen (secondary N) is 1. The zero-order valence-corrected chi connectivity index (χ0v) is 15.0. The second-order valence-corrected chi connectivity index (χ2v) is 8.85. The molecule has 0 aromatic carbocycles. The van der Waals surface area contributed by atoms with Gasteiger partial charge in [0, 0.05) is 11.3 Å². The first-order chi connectivity index (χ1) is 10.3. The lowest BCUT2D eigenvalue weighted by Gasteiger charge is -2.21. The molecule has 0 bridgehead atoms. The van der Waals surface area contributed by atoms with Crippen LogP contribution in [0.25, 0.3) is 0 Å². The van der Waals surface area contributed by atoms with E-state index in [4.69, 9.17) is 9.26 Å². The maximum Gasteiger partial charge on any atom is 0.273 e. The topological polar surface area (TPSA) is 81.4 Å². The van der Waals surface area contributed by atoms with Gasteiger partial charge in [0.15, 0.2) is 0 Å². The lowest BCUT2D eigenvalue weighted by atomic mass is 10.0. The first-order valence-electron chi connectivity index (χ1n) is 6.39. The van der Waals surface area contributed by atoms with Gasteiger partial charge in [0.05, 0.1) is 12.0 Å². The van der Waals surface area contributed by atoms with Crippen LogP contribution in [-0.2, 0) is 20.4 Å². The molecular formula is C13H13BrN2O4S2. The normalized spacial score (nSPS) is 21.0. The summed E-state index contributed by atoms with van der Waals surface area (Å²) in [5, 5.41) is 3.70. The fourth-order valence-electron chi connectivity index (χ4n) is 2.02. The van der Waals surface area contributed by atoms with Gasteiger partial charge in [-0.2, -0.15) is 0 Å². The van der Waals surface area contributed by atoms with Gasteiger partial charge in [-0.3, -0.25) is 0 Å². The second kappa shape index (κ2) is 5.39. The van der Waals surface area contributed by atoms with Crippen LogP contribution in [0.3, 0.4) is 0 Å². The Morgan fingerprint density at radius 3 is 2.82 bits per heavy atom. The summed E-state index contributed by atoms with van der Waals surface area (Å²) in [6, 6.07) is 3.33. The zero-order chi connectivity index (χ0) is 16.0. The number of rotatable bonds is 4. The third-order valence-corrected chi connectivity index (χ3v) is 7.40.